The van der Waals surface area contributed by atoms with Gasteiger partial charge in [0, 0.05) is 11.9 Å². The molecule has 0 fully saturated rings. The topological polar surface area (TPSA) is 63.2 Å². The Bertz CT molecular complexity index is 676. The molecular formula is C13H13NO3S2. The number of benzene rings is 1. The predicted molar refractivity (Wildman–Crippen MR) is 76.2 cm³/mol. The van der Waals surface area contributed by atoms with Crippen molar-refractivity contribution >= 4 is 32.8 Å². The van der Waals surface area contributed by atoms with Gasteiger partial charge in [-0.15, -0.1) is 0 Å². The lowest BCUT2D eigenvalue weighted by Crippen LogP contribution is -2.14. The van der Waals surface area contributed by atoms with E-state index >= 15 is 0 Å². The molecule has 2 aromatic rings. The van der Waals surface area contributed by atoms with Crippen LogP contribution in [0.1, 0.15) is 5.56 Å². The van der Waals surface area contributed by atoms with Crippen molar-refractivity contribution in [3.05, 3.63) is 46.7 Å². The molecule has 0 spiro atoms. The molecule has 0 bridgehead atoms. The van der Waals surface area contributed by atoms with Crippen molar-refractivity contribution in [1.29, 1.82) is 0 Å². The highest BCUT2D eigenvalue weighted by Crippen LogP contribution is 2.16. The van der Waals surface area contributed by atoms with E-state index in [-0.39, 0.29) is 17.2 Å². The first-order chi connectivity index (χ1) is 8.95. The summed E-state index contributed by atoms with van der Waals surface area (Å²) in [4.78, 5) is 12.0. The third kappa shape index (κ3) is 3.90. The van der Waals surface area contributed by atoms with Gasteiger partial charge < -0.3 is 5.32 Å². The van der Waals surface area contributed by atoms with E-state index < -0.39 is 9.84 Å². The van der Waals surface area contributed by atoms with Crippen molar-refractivity contribution in [2.45, 2.75) is 11.3 Å². The number of anilines is 1. The van der Waals surface area contributed by atoms with Crippen molar-refractivity contribution in [3.8, 4) is 0 Å². The number of hydrogen-bond acceptors (Lipinski definition) is 4. The Morgan fingerprint density at radius 1 is 1.32 bits per heavy atom. The van der Waals surface area contributed by atoms with E-state index in [2.05, 4.69) is 5.32 Å². The molecule has 100 valence electrons. The van der Waals surface area contributed by atoms with Crippen molar-refractivity contribution in [2.24, 2.45) is 0 Å². The third-order valence-corrected chi connectivity index (χ3v) is 4.33. The Hall–Kier alpha value is -1.66. The van der Waals surface area contributed by atoms with Crippen LogP contribution in [0, 0.1) is 0 Å². The molecule has 1 amide bonds. The molecule has 0 aliphatic rings. The van der Waals surface area contributed by atoms with E-state index in [4.69, 9.17) is 0 Å². The molecule has 6 heteroatoms. The summed E-state index contributed by atoms with van der Waals surface area (Å²) in [5, 5.41) is 6.51. The number of sulfone groups is 1. The molecule has 1 N–H and O–H groups in total. The second-order valence-electron chi connectivity index (χ2n) is 4.16. The van der Waals surface area contributed by atoms with E-state index in [1.807, 2.05) is 16.8 Å². The first-order valence-electron chi connectivity index (χ1n) is 5.56. The van der Waals surface area contributed by atoms with Crippen molar-refractivity contribution in [2.75, 3.05) is 11.6 Å². The van der Waals surface area contributed by atoms with Gasteiger partial charge in [-0.2, -0.15) is 11.3 Å². The maximum absolute atomic E-state index is 11.8. The molecular weight excluding hydrogens is 282 g/mol. The number of carbonyl (C=O) groups excluding carboxylic acids is 1. The zero-order valence-corrected chi connectivity index (χ0v) is 11.9. The van der Waals surface area contributed by atoms with Crippen LogP contribution in [0.5, 0.6) is 0 Å². The third-order valence-electron chi connectivity index (χ3n) is 2.49. The summed E-state index contributed by atoms with van der Waals surface area (Å²) in [5.74, 6) is -0.163. The van der Waals surface area contributed by atoms with Crippen LogP contribution in [0.2, 0.25) is 0 Å². The summed E-state index contributed by atoms with van der Waals surface area (Å²) in [7, 11) is -3.26. The minimum Gasteiger partial charge on any atom is -0.326 e. The summed E-state index contributed by atoms with van der Waals surface area (Å²) in [6.07, 6.45) is 1.42. The molecule has 0 saturated carbocycles. The fraction of sp³-hybridized carbons (Fsp3) is 0.154. The monoisotopic (exact) mass is 295 g/mol. The van der Waals surface area contributed by atoms with Crippen LogP contribution in [0.4, 0.5) is 5.69 Å². The van der Waals surface area contributed by atoms with Gasteiger partial charge in [-0.25, -0.2) is 8.42 Å². The molecule has 0 aliphatic heterocycles. The van der Waals surface area contributed by atoms with Gasteiger partial charge in [0.2, 0.25) is 5.91 Å². The van der Waals surface area contributed by atoms with E-state index in [1.165, 1.54) is 23.5 Å². The lowest BCUT2D eigenvalue weighted by molar-refractivity contribution is -0.115. The Balaban J connectivity index is 2.09. The van der Waals surface area contributed by atoms with Crippen LogP contribution in [0.25, 0.3) is 0 Å². The zero-order chi connectivity index (χ0) is 13.9. The van der Waals surface area contributed by atoms with Gasteiger partial charge in [0.15, 0.2) is 9.84 Å². The molecule has 2 rings (SSSR count). The maximum atomic E-state index is 11.8. The highest BCUT2D eigenvalue weighted by atomic mass is 32.2. The van der Waals surface area contributed by atoms with Crippen molar-refractivity contribution in [1.82, 2.24) is 0 Å². The quantitative estimate of drug-likeness (QED) is 0.941. The van der Waals surface area contributed by atoms with Gasteiger partial charge in [0.1, 0.15) is 0 Å². The summed E-state index contributed by atoms with van der Waals surface area (Å²) in [5.41, 5.74) is 1.44. The van der Waals surface area contributed by atoms with E-state index in [0.29, 0.717) is 5.69 Å². The standard InChI is InChI=1S/C13H13NO3S2/c1-19(16,17)12-4-2-3-11(8-12)14-13(15)7-10-5-6-18-9-10/h2-6,8-9H,7H2,1H3,(H,14,15). The predicted octanol–water partition coefficient (Wildman–Crippen LogP) is 2.33. The number of thiophene rings is 1. The smallest absolute Gasteiger partial charge is 0.228 e. The summed E-state index contributed by atoms with van der Waals surface area (Å²) >= 11 is 1.53. The van der Waals surface area contributed by atoms with E-state index in [1.54, 1.807) is 12.1 Å². The van der Waals surface area contributed by atoms with Crippen LogP contribution in [-0.2, 0) is 21.1 Å². The average Bonchev–Trinajstić information content (AvgIpc) is 2.80. The van der Waals surface area contributed by atoms with Crippen LogP contribution < -0.4 is 5.32 Å². The van der Waals surface area contributed by atoms with Crippen molar-refractivity contribution in [3.63, 3.8) is 0 Å². The molecule has 19 heavy (non-hydrogen) atoms. The minimum atomic E-state index is -3.26. The summed E-state index contributed by atoms with van der Waals surface area (Å²) in [6, 6.07) is 8.12. The summed E-state index contributed by atoms with van der Waals surface area (Å²) in [6.45, 7) is 0. The SMILES string of the molecule is CS(=O)(=O)c1cccc(NC(=O)Cc2ccsc2)c1. The number of rotatable bonds is 4. The largest absolute Gasteiger partial charge is 0.326 e. The molecule has 0 atom stereocenters. The molecule has 1 aromatic heterocycles. The van der Waals surface area contributed by atoms with Crippen molar-refractivity contribution < 1.29 is 13.2 Å². The minimum absolute atomic E-state index is 0.163. The zero-order valence-electron chi connectivity index (χ0n) is 10.3. The van der Waals surface area contributed by atoms with Gasteiger partial charge in [-0.05, 0) is 40.6 Å². The van der Waals surface area contributed by atoms with Crippen LogP contribution in [0.3, 0.4) is 0 Å². The lowest BCUT2D eigenvalue weighted by Gasteiger charge is -2.06. The Morgan fingerprint density at radius 3 is 2.74 bits per heavy atom. The molecule has 1 aromatic carbocycles. The highest BCUT2D eigenvalue weighted by Gasteiger charge is 2.09. The number of nitrogens with one attached hydrogen (secondary N) is 1. The first-order valence-corrected chi connectivity index (χ1v) is 8.39. The fourth-order valence-electron chi connectivity index (χ4n) is 1.59. The van der Waals surface area contributed by atoms with E-state index in [9.17, 15) is 13.2 Å². The maximum Gasteiger partial charge on any atom is 0.228 e. The Morgan fingerprint density at radius 2 is 2.11 bits per heavy atom. The number of hydrogen-bond donors (Lipinski definition) is 1. The normalized spacial score (nSPS) is 11.2. The van der Waals surface area contributed by atoms with Gasteiger partial charge in [0.05, 0.1) is 11.3 Å². The lowest BCUT2D eigenvalue weighted by atomic mass is 10.2. The molecule has 0 unspecified atom stereocenters. The summed E-state index contributed by atoms with van der Waals surface area (Å²) < 4.78 is 22.8. The fourth-order valence-corrected chi connectivity index (χ4v) is 2.92. The van der Waals surface area contributed by atoms with Crippen LogP contribution in [-0.4, -0.2) is 20.6 Å². The number of amides is 1. The van der Waals surface area contributed by atoms with E-state index in [0.717, 1.165) is 11.8 Å². The molecule has 0 saturated heterocycles. The van der Waals surface area contributed by atoms with Gasteiger partial charge in [-0.3, -0.25) is 4.79 Å². The van der Waals surface area contributed by atoms with Crippen LogP contribution in [0.15, 0.2) is 46.0 Å². The van der Waals surface area contributed by atoms with Gasteiger partial charge in [0.25, 0.3) is 0 Å². The average molecular weight is 295 g/mol. The Labute approximate surface area is 116 Å². The Kier molecular flexibility index (Phi) is 4.01. The molecule has 0 aliphatic carbocycles. The first kappa shape index (κ1) is 13.8. The number of carbonyl (C=O) groups is 1. The molecule has 4 nitrogen and oxygen atoms in total. The molecule has 0 radical (unpaired) electrons. The van der Waals surface area contributed by atoms with Gasteiger partial charge in [-0.1, -0.05) is 6.07 Å². The van der Waals surface area contributed by atoms with Crippen LogP contribution >= 0.6 is 11.3 Å². The van der Waals surface area contributed by atoms with Gasteiger partial charge >= 0.3 is 0 Å². The second kappa shape index (κ2) is 5.54. The second-order valence-corrected chi connectivity index (χ2v) is 6.95. The molecule has 1 heterocycles. The highest BCUT2D eigenvalue weighted by molar-refractivity contribution is 7.90.